The molecule has 11 heavy (non-hydrogen) atoms. The first-order chi connectivity index (χ1) is 5.09. The van der Waals surface area contributed by atoms with E-state index in [2.05, 4.69) is 45.5 Å². The molecule has 0 rings (SSSR count). The van der Waals surface area contributed by atoms with Crippen molar-refractivity contribution in [3.8, 4) is 0 Å². The molecule has 0 bridgehead atoms. The van der Waals surface area contributed by atoms with Gasteiger partial charge in [0, 0.05) is 18.6 Å². The highest BCUT2D eigenvalue weighted by molar-refractivity contribution is 7.75. The zero-order chi connectivity index (χ0) is 8.85. The summed E-state index contributed by atoms with van der Waals surface area (Å²) in [6, 6.07) is 1.16. The molecule has 0 fully saturated rings. The second kappa shape index (κ2) is 5.86. The summed E-state index contributed by atoms with van der Waals surface area (Å²) in [5.74, 6) is 0. The van der Waals surface area contributed by atoms with Crippen molar-refractivity contribution in [1.82, 2.24) is 4.90 Å². The average molecular weight is 177 g/mol. The van der Waals surface area contributed by atoms with Crippen LogP contribution >= 0.6 is 12.9 Å². The normalized spacial score (nSPS) is 12.0. The van der Waals surface area contributed by atoms with E-state index in [0.29, 0.717) is 18.7 Å². The van der Waals surface area contributed by atoms with Gasteiger partial charge in [0.25, 0.3) is 0 Å². The van der Waals surface area contributed by atoms with Crippen LogP contribution in [-0.2, 0) is 4.18 Å². The lowest BCUT2D eigenvalue weighted by Gasteiger charge is -2.29. The molecule has 0 amide bonds. The topological polar surface area (TPSA) is 12.5 Å². The third-order valence-electron chi connectivity index (χ3n) is 1.77. The van der Waals surface area contributed by atoms with Gasteiger partial charge in [-0.2, -0.15) is 0 Å². The van der Waals surface area contributed by atoms with E-state index in [1.807, 2.05) is 0 Å². The van der Waals surface area contributed by atoms with Crippen molar-refractivity contribution < 1.29 is 4.18 Å². The molecule has 0 aliphatic carbocycles. The zero-order valence-electron chi connectivity index (χ0n) is 7.87. The van der Waals surface area contributed by atoms with E-state index in [1.165, 1.54) is 0 Å². The van der Waals surface area contributed by atoms with Gasteiger partial charge in [-0.15, -0.1) is 0 Å². The standard InChI is InChI=1S/C8H19NOS/c1-7(2)9(8(3)4)5-6-10-11/h7-8,11H,5-6H2,1-4H3. The Morgan fingerprint density at radius 2 is 1.64 bits per heavy atom. The highest BCUT2D eigenvalue weighted by Gasteiger charge is 2.11. The summed E-state index contributed by atoms with van der Waals surface area (Å²) in [6.07, 6.45) is 0. The molecule has 0 aliphatic heterocycles. The van der Waals surface area contributed by atoms with Crippen molar-refractivity contribution in [1.29, 1.82) is 0 Å². The SMILES string of the molecule is CC(C)N(CCOS)C(C)C. The molecule has 0 radical (unpaired) electrons. The maximum absolute atomic E-state index is 4.73. The minimum atomic E-state index is 0.582. The van der Waals surface area contributed by atoms with Crippen LogP contribution in [0.2, 0.25) is 0 Å². The minimum absolute atomic E-state index is 0.582. The van der Waals surface area contributed by atoms with Gasteiger partial charge in [-0.25, -0.2) is 0 Å². The molecule has 0 N–H and O–H groups in total. The first-order valence-corrected chi connectivity index (χ1v) is 4.48. The van der Waals surface area contributed by atoms with Gasteiger partial charge in [-0.05, 0) is 40.6 Å². The smallest absolute Gasteiger partial charge is 0.0737 e. The van der Waals surface area contributed by atoms with Crippen molar-refractivity contribution in [2.75, 3.05) is 13.2 Å². The molecule has 0 saturated heterocycles. The average Bonchev–Trinajstić information content (AvgIpc) is 1.87. The van der Waals surface area contributed by atoms with Gasteiger partial charge in [-0.3, -0.25) is 4.90 Å². The molecule has 0 aromatic carbocycles. The molecule has 0 spiro atoms. The second-order valence-corrected chi connectivity index (χ2v) is 3.52. The lowest BCUT2D eigenvalue weighted by atomic mass is 10.2. The van der Waals surface area contributed by atoms with E-state index >= 15 is 0 Å². The van der Waals surface area contributed by atoms with Gasteiger partial charge in [0.1, 0.15) is 0 Å². The molecule has 0 saturated carbocycles. The number of thiol groups is 1. The number of hydrogen-bond donors (Lipinski definition) is 1. The van der Waals surface area contributed by atoms with Crippen LogP contribution < -0.4 is 0 Å². The zero-order valence-corrected chi connectivity index (χ0v) is 8.77. The summed E-state index contributed by atoms with van der Waals surface area (Å²) in [7, 11) is 0. The highest BCUT2D eigenvalue weighted by Crippen LogP contribution is 2.03. The van der Waals surface area contributed by atoms with Gasteiger partial charge >= 0.3 is 0 Å². The van der Waals surface area contributed by atoms with Crippen LogP contribution in [0.25, 0.3) is 0 Å². The van der Waals surface area contributed by atoms with Gasteiger partial charge in [0.15, 0.2) is 0 Å². The molecule has 0 aromatic rings. The Morgan fingerprint density at radius 3 is 1.91 bits per heavy atom. The second-order valence-electron chi connectivity index (χ2n) is 3.26. The van der Waals surface area contributed by atoms with E-state index < -0.39 is 0 Å². The Hall–Kier alpha value is 0.270. The van der Waals surface area contributed by atoms with Crippen molar-refractivity contribution in [2.45, 2.75) is 39.8 Å². The summed E-state index contributed by atoms with van der Waals surface area (Å²) < 4.78 is 4.73. The van der Waals surface area contributed by atoms with E-state index in [9.17, 15) is 0 Å². The lowest BCUT2D eigenvalue weighted by molar-refractivity contribution is 0.150. The van der Waals surface area contributed by atoms with Crippen LogP contribution in [-0.4, -0.2) is 30.1 Å². The molecule has 3 heteroatoms. The van der Waals surface area contributed by atoms with E-state index in [1.54, 1.807) is 0 Å². The molecular weight excluding hydrogens is 158 g/mol. The Morgan fingerprint density at radius 1 is 1.18 bits per heavy atom. The fourth-order valence-electron chi connectivity index (χ4n) is 1.26. The van der Waals surface area contributed by atoms with Gasteiger partial charge in [0.05, 0.1) is 6.61 Å². The van der Waals surface area contributed by atoms with Gasteiger partial charge < -0.3 is 4.18 Å². The summed E-state index contributed by atoms with van der Waals surface area (Å²) >= 11 is 3.71. The molecule has 0 heterocycles. The molecule has 0 unspecified atom stereocenters. The van der Waals surface area contributed by atoms with Crippen LogP contribution in [0.4, 0.5) is 0 Å². The van der Waals surface area contributed by atoms with E-state index in [0.717, 1.165) is 6.54 Å². The van der Waals surface area contributed by atoms with Crippen molar-refractivity contribution >= 4 is 12.9 Å². The fourth-order valence-corrected chi connectivity index (χ4v) is 1.34. The largest absolute Gasteiger partial charge is 0.317 e. The number of hydrogen-bond acceptors (Lipinski definition) is 3. The highest BCUT2D eigenvalue weighted by atomic mass is 32.1. The summed E-state index contributed by atoms with van der Waals surface area (Å²) in [5.41, 5.74) is 0. The predicted octanol–water partition coefficient (Wildman–Crippen LogP) is 1.97. The monoisotopic (exact) mass is 177 g/mol. The van der Waals surface area contributed by atoms with Crippen molar-refractivity contribution in [2.24, 2.45) is 0 Å². The van der Waals surface area contributed by atoms with Crippen LogP contribution in [0.1, 0.15) is 27.7 Å². The third kappa shape index (κ3) is 4.67. The van der Waals surface area contributed by atoms with Crippen molar-refractivity contribution in [3.63, 3.8) is 0 Å². The van der Waals surface area contributed by atoms with Crippen LogP contribution in [0, 0.1) is 0 Å². The lowest BCUT2D eigenvalue weighted by Crippen LogP contribution is -2.39. The maximum atomic E-state index is 4.73. The predicted molar refractivity (Wildman–Crippen MR) is 51.9 cm³/mol. The van der Waals surface area contributed by atoms with E-state index in [-0.39, 0.29) is 0 Å². The summed E-state index contributed by atoms with van der Waals surface area (Å²) in [6.45, 7) is 10.4. The number of rotatable bonds is 5. The van der Waals surface area contributed by atoms with E-state index in [4.69, 9.17) is 4.18 Å². The quantitative estimate of drug-likeness (QED) is 0.509. The minimum Gasteiger partial charge on any atom is -0.317 e. The van der Waals surface area contributed by atoms with Gasteiger partial charge in [0.2, 0.25) is 0 Å². The Bertz CT molecular complexity index is 88.1. The van der Waals surface area contributed by atoms with Crippen LogP contribution in [0.3, 0.4) is 0 Å². The third-order valence-corrected chi connectivity index (χ3v) is 1.95. The molecular formula is C8H19NOS. The van der Waals surface area contributed by atoms with Crippen LogP contribution in [0.15, 0.2) is 0 Å². The van der Waals surface area contributed by atoms with Gasteiger partial charge in [-0.1, -0.05) is 0 Å². The molecule has 68 valence electrons. The summed E-state index contributed by atoms with van der Waals surface area (Å²) in [4.78, 5) is 2.37. The molecule has 0 aliphatic rings. The molecule has 0 aromatic heterocycles. The first kappa shape index (κ1) is 11.3. The Labute approximate surface area is 75.5 Å². The van der Waals surface area contributed by atoms with Crippen molar-refractivity contribution in [3.05, 3.63) is 0 Å². The Kier molecular flexibility index (Phi) is 6.01. The maximum Gasteiger partial charge on any atom is 0.0737 e. The first-order valence-electron chi connectivity index (χ1n) is 4.11. The van der Waals surface area contributed by atoms with Crippen LogP contribution in [0.5, 0.6) is 0 Å². The molecule has 2 nitrogen and oxygen atoms in total. The fraction of sp³-hybridized carbons (Fsp3) is 1.00. The Balaban J connectivity index is 3.70. The summed E-state index contributed by atoms with van der Waals surface area (Å²) in [5, 5.41) is 0. The number of nitrogens with zero attached hydrogens (tertiary/aromatic N) is 1. The molecule has 0 atom stereocenters.